The van der Waals surface area contributed by atoms with Crippen LogP contribution in [0.25, 0.3) is 0 Å². The summed E-state index contributed by atoms with van der Waals surface area (Å²) in [6.45, 7) is 6.34. The van der Waals surface area contributed by atoms with Gasteiger partial charge in [-0.2, -0.15) is 0 Å². The van der Waals surface area contributed by atoms with Crippen molar-refractivity contribution in [3.05, 3.63) is 35.4 Å². The molecular formula is C24H34N2O3. The summed E-state index contributed by atoms with van der Waals surface area (Å²) < 4.78 is 5.71. The van der Waals surface area contributed by atoms with Gasteiger partial charge in [-0.25, -0.2) is 0 Å². The fraction of sp³-hybridized carbons (Fsp3) is 0.667. The van der Waals surface area contributed by atoms with E-state index in [2.05, 4.69) is 24.1 Å². The number of benzene rings is 1. The molecule has 1 aliphatic carbocycles. The van der Waals surface area contributed by atoms with E-state index in [4.69, 9.17) is 4.74 Å². The molecule has 3 aliphatic rings. The van der Waals surface area contributed by atoms with Crippen molar-refractivity contribution in [1.82, 2.24) is 10.2 Å². The number of carbonyl (C=O) groups excluding carboxylic acids is 2. The zero-order valence-electron chi connectivity index (χ0n) is 17.8. The average molecular weight is 399 g/mol. The van der Waals surface area contributed by atoms with Gasteiger partial charge in [0.05, 0.1) is 17.6 Å². The molecule has 158 valence electrons. The Kier molecular flexibility index (Phi) is 5.95. The minimum Gasteiger partial charge on any atom is -0.376 e. The molecule has 2 heterocycles. The van der Waals surface area contributed by atoms with Gasteiger partial charge in [-0.1, -0.05) is 51.3 Å². The van der Waals surface area contributed by atoms with Gasteiger partial charge in [0.15, 0.2) is 0 Å². The molecule has 1 aromatic carbocycles. The summed E-state index contributed by atoms with van der Waals surface area (Å²) in [5.41, 5.74) is 1.19. The molecule has 1 N–H and O–H groups in total. The third kappa shape index (κ3) is 3.81. The van der Waals surface area contributed by atoms with E-state index in [0.717, 1.165) is 50.7 Å². The van der Waals surface area contributed by atoms with Crippen LogP contribution >= 0.6 is 0 Å². The van der Waals surface area contributed by atoms with E-state index in [-0.39, 0.29) is 23.8 Å². The first-order valence-corrected chi connectivity index (χ1v) is 11.3. The third-order valence-electron chi connectivity index (χ3n) is 6.88. The Bertz CT molecular complexity index is 748. The number of nitrogens with one attached hydrogen (secondary N) is 1. The van der Waals surface area contributed by atoms with Crippen LogP contribution in [0.4, 0.5) is 0 Å². The highest BCUT2D eigenvalue weighted by Gasteiger charge is 2.54. The van der Waals surface area contributed by atoms with E-state index >= 15 is 0 Å². The predicted molar refractivity (Wildman–Crippen MR) is 113 cm³/mol. The quantitative estimate of drug-likeness (QED) is 0.819. The molecule has 2 fully saturated rings. The molecule has 2 atom stereocenters. The monoisotopic (exact) mass is 398 g/mol. The number of rotatable bonds is 5. The topological polar surface area (TPSA) is 58.6 Å². The van der Waals surface area contributed by atoms with Crippen LogP contribution in [-0.2, 0) is 9.53 Å². The summed E-state index contributed by atoms with van der Waals surface area (Å²) in [6.07, 6.45) is 7.30. The van der Waals surface area contributed by atoms with Crippen molar-refractivity contribution in [2.24, 2.45) is 5.92 Å². The first kappa shape index (κ1) is 20.4. The van der Waals surface area contributed by atoms with Crippen LogP contribution in [0.15, 0.2) is 24.3 Å². The van der Waals surface area contributed by atoms with Crippen molar-refractivity contribution < 1.29 is 14.3 Å². The van der Waals surface area contributed by atoms with E-state index in [9.17, 15) is 9.59 Å². The number of hydrogen-bond acceptors (Lipinski definition) is 3. The molecule has 5 heteroatoms. The van der Waals surface area contributed by atoms with E-state index in [1.807, 2.05) is 24.3 Å². The Hall–Kier alpha value is -1.88. The Balaban J connectivity index is 1.72. The zero-order chi connectivity index (χ0) is 20.4. The van der Waals surface area contributed by atoms with Gasteiger partial charge in [0.25, 0.3) is 5.91 Å². The minimum atomic E-state index is -0.408. The largest absolute Gasteiger partial charge is 0.376 e. The minimum absolute atomic E-state index is 0.0520. The molecule has 1 saturated heterocycles. The second-order valence-corrected chi connectivity index (χ2v) is 9.37. The normalized spacial score (nSPS) is 26.0. The molecule has 1 aromatic rings. The number of hydrogen-bond donors (Lipinski definition) is 1. The second-order valence-electron chi connectivity index (χ2n) is 9.37. The van der Waals surface area contributed by atoms with Crippen molar-refractivity contribution >= 4 is 11.8 Å². The summed E-state index contributed by atoms with van der Waals surface area (Å²) in [7, 11) is 0. The van der Waals surface area contributed by atoms with Crippen LogP contribution in [0, 0.1) is 5.92 Å². The van der Waals surface area contributed by atoms with E-state index in [0.29, 0.717) is 24.6 Å². The van der Waals surface area contributed by atoms with Gasteiger partial charge >= 0.3 is 0 Å². The van der Waals surface area contributed by atoms with Gasteiger partial charge in [0.1, 0.15) is 0 Å². The Morgan fingerprint density at radius 3 is 2.66 bits per heavy atom. The van der Waals surface area contributed by atoms with Crippen LogP contribution in [0.5, 0.6) is 0 Å². The van der Waals surface area contributed by atoms with E-state index in [1.165, 1.54) is 6.42 Å². The summed E-state index contributed by atoms with van der Waals surface area (Å²) in [6, 6.07) is 7.75. The molecule has 0 aromatic heterocycles. The van der Waals surface area contributed by atoms with E-state index < -0.39 is 5.54 Å². The Morgan fingerprint density at radius 1 is 1.21 bits per heavy atom. The Labute approximate surface area is 174 Å². The van der Waals surface area contributed by atoms with Crippen molar-refractivity contribution in [1.29, 1.82) is 0 Å². The molecule has 29 heavy (non-hydrogen) atoms. The molecule has 1 saturated carbocycles. The predicted octanol–water partition coefficient (Wildman–Crippen LogP) is 3.88. The van der Waals surface area contributed by atoms with Crippen LogP contribution in [0.3, 0.4) is 0 Å². The van der Waals surface area contributed by atoms with Crippen molar-refractivity contribution in [2.45, 2.75) is 76.4 Å². The maximum atomic E-state index is 13.6. The number of nitrogens with zero attached hydrogens (tertiary/aromatic N) is 1. The third-order valence-corrected chi connectivity index (χ3v) is 6.88. The number of amides is 2. The van der Waals surface area contributed by atoms with Gasteiger partial charge in [-0.05, 0) is 43.2 Å². The van der Waals surface area contributed by atoms with Crippen molar-refractivity contribution in [3.8, 4) is 0 Å². The molecular weight excluding hydrogens is 364 g/mol. The van der Waals surface area contributed by atoms with Crippen LogP contribution in [0.2, 0.25) is 0 Å². The SMILES string of the molecule is CC(C)CN1C(=O)c2ccccc2[C@H](C(=O)NC[C@H]2CCCO2)C12CCCCC2. The fourth-order valence-electron chi connectivity index (χ4n) is 5.60. The van der Waals surface area contributed by atoms with Crippen molar-refractivity contribution in [3.63, 3.8) is 0 Å². The standard InChI is InChI=1S/C24H34N2O3/c1-17(2)16-26-23(28)20-11-5-4-10-19(20)21(24(26)12-6-3-7-13-24)22(27)25-15-18-9-8-14-29-18/h4-5,10-11,17-18,21H,3,6-9,12-16H2,1-2H3,(H,25,27)/t18-,21-/m1/s1. The number of fused-ring (bicyclic) bond motifs is 1. The van der Waals surface area contributed by atoms with Crippen LogP contribution < -0.4 is 5.32 Å². The molecule has 4 rings (SSSR count). The summed E-state index contributed by atoms with van der Waals surface area (Å²) in [4.78, 5) is 29.2. The molecule has 2 aliphatic heterocycles. The lowest BCUT2D eigenvalue weighted by atomic mass is 9.65. The lowest BCUT2D eigenvalue weighted by molar-refractivity contribution is -0.128. The lowest BCUT2D eigenvalue weighted by Gasteiger charge is -2.54. The first-order chi connectivity index (χ1) is 14.0. The van der Waals surface area contributed by atoms with Crippen LogP contribution in [0.1, 0.15) is 80.6 Å². The highest BCUT2D eigenvalue weighted by Crippen LogP contribution is 2.49. The Morgan fingerprint density at radius 2 is 1.97 bits per heavy atom. The molecule has 1 spiro atoms. The first-order valence-electron chi connectivity index (χ1n) is 11.3. The smallest absolute Gasteiger partial charge is 0.254 e. The van der Waals surface area contributed by atoms with Gasteiger partial charge in [0.2, 0.25) is 5.91 Å². The number of carbonyl (C=O) groups is 2. The fourth-order valence-corrected chi connectivity index (χ4v) is 5.60. The molecule has 0 unspecified atom stereocenters. The van der Waals surface area contributed by atoms with Gasteiger partial charge in [-0.15, -0.1) is 0 Å². The van der Waals surface area contributed by atoms with Gasteiger partial charge < -0.3 is 15.0 Å². The summed E-state index contributed by atoms with van der Waals surface area (Å²) in [5.74, 6) is 0.200. The molecule has 2 amide bonds. The number of ether oxygens (including phenoxy) is 1. The molecule has 0 bridgehead atoms. The highest BCUT2D eigenvalue weighted by molar-refractivity contribution is 6.02. The maximum absolute atomic E-state index is 13.6. The molecule has 0 radical (unpaired) electrons. The second kappa shape index (κ2) is 8.47. The highest BCUT2D eigenvalue weighted by atomic mass is 16.5. The summed E-state index contributed by atoms with van der Waals surface area (Å²) in [5, 5.41) is 3.19. The van der Waals surface area contributed by atoms with Gasteiger partial charge in [-0.3, -0.25) is 9.59 Å². The molecule has 5 nitrogen and oxygen atoms in total. The zero-order valence-corrected chi connectivity index (χ0v) is 17.8. The summed E-state index contributed by atoms with van der Waals surface area (Å²) >= 11 is 0. The van der Waals surface area contributed by atoms with Crippen molar-refractivity contribution in [2.75, 3.05) is 19.7 Å². The van der Waals surface area contributed by atoms with E-state index in [1.54, 1.807) is 0 Å². The van der Waals surface area contributed by atoms with Crippen LogP contribution in [-0.4, -0.2) is 48.1 Å². The lowest BCUT2D eigenvalue weighted by Crippen LogP contribution is -2.63. The maximum Gasteiger partial charge on any atom is 0.254 e. The van der Waals surface area contributed by atoms with Gasteiger partial charge in [0, 0.05) is 25.3 Å². The average Bonchev–Trinajstić information content (AvgIpc) is 3.24.